The standard InChI is InChI=1S/C13H24N2O/c1-2-15-8-9-16-13(11-15)10-14-12-6-4-3-5-7-12/h3-4,12-14H,2,5-11H2,1H3. The lowest BCUT2D eigenvalue weighted by Gasteiger charge is -2.33. The van der Waals surface area contributed by atoms with Gasteiger partial charge >= 0.3 is 0 Å². The minimum atomic E-state index is 0.389. The van der Waals surface area contributed by atoms with Crippen molar-refractivity contribution in [1.82, 2.24) is 10.2 Å². The molecule has 0 radical (unpaired) electrons. The van der Waals surface area contributed by atoms with Crippen LogP contribution in [0.5, 0.6) is 0 Å². The van der Waals surface area contributed by atoms with E-state index in [1.807, 2.05) is 0 Å². The van der Waals surface area contributed by atoms with E-state index in [-0.39, 0.29) is 0 Å². The molecule has 2 unspecified atom stereocenters. The van der Waals surface area contributed by atoms with Crippen molar-refractivity contribution >= 4 is 0 Å². The molecule has 1 N–H and O–H groups in total. The average Bonchev–Trinajstić information content (AvgIpc) is 2.38. The molecule has 16 heavy (non-hydrogen) atoms. The van der Waals surface area contributed by atoms with Crippen LogP contribution in [-0.4, -0.2) is 49.8 Å². The molecule has 0 aromatic heterocycles. The smallest absolute Gasteiger partial charge is 0.0826 e. The molecule has 0 amide bonds. The summed E-state index contributed by atoms with van der Waals surface area (Å²) in [6, 6.07) is 0.672. The first kappa shape index (κ1) is 12.1. The molecule has 2 aliphatic rings. The maximum absolute atomic E-state index is 5.78. The molecular weight excluding hydrogens is 200 g/mol. The van der Waals surface area contributed by atoms with Crippen LogP contribution in [0.2, 0.25) is 0 Å². The van der Waals surface area contributed by atoms with Crippen LogP contribution in [0.15, 0.2) is 12.2 Å². The van der Waals surface area contributed by atoms with Crippen LogP contribution in [0.3, 0.4) is 0 Å². The first-order valence-corrected chi connectivity index (χ1v) is 6.61. The Morgan fingerprint density at radius 1 is 1.44 bits per heavy atom. The number of allylic oxidation sites excluding steroid dienone is 1. The molecule has 1 aliphatic heterocycles. The number of rotatable bonds is 4. The van der Waals surface area contributed by atoms with Crippen LogP contribution in [-0.2, 0) is 4.74 Å². The van der Waals surface area contributed by atoms with Crippen LogP contribution in [0.4, 0.5) is 0 Å². The molecule has 0 bridgehead atoms. The highest BCUT2D eigenvalue weighted by Gasteiger charge is 2.20. The van der Waals surface area contributed by atoms with E-state index in [0.717, 1.165) is 32.8 Å². The molecule has 1 fully saturated rings. The highest BCUT2D eigenvalue weighted by atomic mass is 16.5. The van der Waals surface area contributed by atoms with Gasteiger partial charge in [0.1, 0.15) is 0 Å². The zero-order chi connectivity index (χ0) is 11.2. The lowest BCUT2D eigenvalue weighted by Crippen LogP contribution is -2.48. The van der Waals surface area contributed by atoms with Gasteiger partial charge in [0, 0.05) is 25.7 Å². The molecule has 1 aliphatic carbocycles. The Morgan fingerprint density at radius 2 is 2.38 bits per heavy atom. The van der Waals surface area contributed by atoms with E-state index in [2.05, 4.69) is 29.3 Å². The number of nitrogens with zero attached hydrogens (tertiary/aromatic N) is 1. The van der Waals surface area contributed by atoms with Crippen LogP contribution in [0.1, 0.15) is 26.2 Å². The molecule has 3 heteroatoms. The summed E-state index contributed by atoms with van der Waals surface area (Å²) in [4.78, 5) is 2.47. The Hall–Kier alpha value is -0.380. The van der Waals surface area contributed by atoms with Crippen molar-refractivity contribution in [2.45, 2.75) is 38.3 Å². The van der Waals surface area contributed by atoms with Crippen LogP contribution in [0.25, 0.3) is 0 Å². The molecule has 0 spiro atoms. The van der Waals surface area contributed by atoms with Gasteiger partial charge in [0.15, 0.2) is 0 Å². The minimum Gasteiger partial charge on any atom is -0.374 e. The SMILES string of the molecule is CCN1CCOC(CNC2CC=CCC2)C1. The van der Waals surface area contributed by atoms with Crippen molar-refractivity contribution in [3.63, 3.8) is 0 Å². The van der Waals surface area contributed by atoms with Crippen molar-refractivity contribution in [3.05, 3.63) is 12.2 Å². The topological polar surface area (TPSA) is 24.5 Å². The summed E-state index contributed by atoms with van der Waals surface area (Å²) < 4.78 is 5.78. The number of ether oxygens (including phenoxy) is 1. The van der Waals surface area contributed by atoms with Crippen LogP contribution in [0, 0.1) is 0 Å². The second kappa shape index (κ2) is 6.38. The highest BCUT2D eigenvalue weighted by molar-refractivity contribution is 4.93. The lowest BCUT2D eigenvalue weighted by molar-refractivity contribution is -0.0264. The maximum Gasteiger partial charge on any atom is 0.0826 e. The summed E-state index contributed by atoms with van der Waals surface area (Å²) in [6.45, 7) is 7.46. The van der Waals surface area contributed by atoms with Gasteiger partial charge in [-0.2, -0.15) is 0 Å². The monoisotopic (exact) mass is 224 g/mol. The molecule has 2 rings (SSSR count). The van der Waals surface area contributed by atoms with E-state index in [1.54, 1.807) is 0 Å². The normalized spacial score (nSPS) is 31.8. The number of hydrogen-bond acceptors (Lipinski definition) is 3. The van der Waals surface area contributed by atoms with E-state index < -0.39 is 0 Å². The molecule has 0 saturated carbocycles. The predicted molar refractivity (Wildman–Crippen MR) is 66.6 cm³/mol. The van der Waals surface area contributed by atoms with E-state index >= 15 is 0 Å². The number of morpholine rings is 1. The molecule has 1 heterocycles. The molecule has 1 saturated heterocycles. The largest absolute Gasteiger partial charge is 0.374 e. The van der Waals surface area contributed by atoms with Crippen molar-refractivity contribution in [2.24, 2.45) is 0 Å². The number of likely N-dealkylation sites (N-methyl/N-ethyl adjacent to an activating group) is 1. The highest BCUT2D eigenvalue weighted by Crippen LogP contribution is 2.11. The summed E-state index contributed by atoms with van der Waals surface area (Å²) in [5, 5.41) is 3.63. The van der Waals surface area contributed by atoms with Gasteiger partial charge < -0.3 is 10.1 Å². The quantitative estimate of drug-likeness (QED) is 0.731. The molecule has 3 nitrogen and oxygen atoms in total. The van der Waals surface area contributed by atoms with Gasteiger partial charge in [0.2, 0.25) is 0 Å². The first-order valence-electron chi connectivity index (χ1n) is 6.61. The number of nitrogens with one attached hydrogen (secondary N) is 1. The predicted octanol–water partition coefficient (Wildman–Crippen LogP) is 1.41. The lowest BCUT2D eigenvalue weighted by atomic mass is 10.0. The van der Waals surface area contributed by atoms with Crippen molar-refractivity contribution in [3.8, 4) is 0 Å². The van der Waals surface area contributed by atoms with Crippen molar-refractivity contribution < 1.29 is 4.74 Å². The average molecular weight is 224 g/mol. The summed E-state index contributed by atoms with van der Waals surface area (Å²) in [6.07, 6.45) is 8.66. The fourth-order valence-corrected chi connectivity index (χ4v) is 2.47. The fraction of sp³-hybridized carbons (Fsp3) is 0.846. The first-order chi connectivity index (χ1) is 7.88. The Morgan fingerprint density at radius 3 is 3.12 bits per heavy atom. The summed E-state index contributed by atoms with van der Waals surface area (Å²) >= 11 is 0. The molecule has 0 aromatic carbocycles. The zero-order valence-electron chi connectivity index (χ0n) is 10.3. The Balaban J connectivity index is 1.66. The number of hydrogen-bond donors (Lipinski definition) is 1. The van der Waals surface area contributed by atoms with E-state index in [4.69, 9.17) is 4.74 Å². The van der Waals surface area contributed by atoms with Crippen LogP contribution >= 0.6 is 0 Å². The third-order valence-electron chi connectivity index (χ3n) is 3.57. The summed E-state index contributed by atoms with van der Waals surface area (Å²) in [7, 11) is 0. The maximum atomic E-state index is 5.78. The van der Waals surface area contributed by atoms with Gasteiger partial charge in [-0.05, 0) is 25.8 Å². The second-order valence-corrected chi connectivity index (χ2v) is 4.78. The van der Waals surface area contributed by atoms with Crippen molar-refractivity contribution in [2.75, 3.05) is 32.8 Å². The van der Waals surface area contributed by atoms with E-state index in [1.165, 1.54) is 19.3 Å². The van der Waals surface area contributed by atoms with Gasteiger partial charge in [0.05, 0.1) is 12.7 Å². The van der Waals surface area contributed by atoms with Crippen LogP contribution < -0.4 is 5.32 Å². The Kier molecular flexibility index (Phi) is 4.82. The van der Waals surface area contributed by atoms with Gasteiger partial charge in [-0.3, -0.25) is 4.90 Å². The summed E-state index contributed by atoms with van der Waals surface area (Å²) in [5.41, 5.74) is 0. The van der Waals surface area contributed by atoms with Gasteiger partial charge in [-0.25, -0.2) is 0 Å². The van der Waals surface area contributed by atoms with Crippen molar-refractivity contribution in [1.29, 1.82) is 0 Å². The second-order valence-electron chi connectivity index (χ2n) is 4.78. The third kappa shape index (κ3) is 3.58. The molecular formula is C13H24N2O. The van der Waals surface area contributed by atoms with E-state index in [0.29, 0.717) is 12.1 Å². The minimum absolute atomic E-state index is 0.389. The molecule has 0 aromatic rings. The Labute approximate surface area is 98.8 Å². The van der Waals surface area contributed by atoms with E-state index in [9.17, 15) is 0 Å². The summed E-state index contributed by atoms with van der Waals surface area (Å²) in [5.74, 6) is 0. The van der Waals surface area contributed by atoms with Gasteiger partial charge in [-0.1, -0.05) is 19.1 Å². The molecule has 2 atom stereocenters. The van der Waals surface area contributed by atoms with Gasteiger partial charge in [0.25, 0.3) is 0 Å². The fourth-order valence-electron chi connectivity index (χ4n) is 2.47. The third-order valence-corrected chi connectivity index (χ3v) is 3.57. The van der Waals surface area contributed by atoms with Gasteiger partial charge in [-0.15, -0.1) is 0 Å². The molecule has 92 valence electrons. The zero-order valence-corrected chi connectivity index (χ0v) is 10.3. The Bertz CT molecular complexity index is 230.